The van der Waals surface area contributed by atoms with Crippen molar-refractivity contribution in [1.82, 2.24) is 19.5 Å². The van der Waals surface area contributed by atoms with Crippen molar-refractivity contribution in [3.63, 3.8) is 0 Å². The summed E-state index contributed by atoms with van der Waals surface area (Å²) < 4.78 is 45.9. The van der Waals surface area contributed by atoms with Gasteiger partial charge < -0.3 is 43.6 Å². The second-order valence-electron chi connectivity index (χ2n) is 19.7. The number of H-pyrrole nitrogens is 1. The number of hydrogen-bond acceptors (Lipinski definition) is 15. The quantitative estimate of drug-likeness (QED) is 0.0176. The Morgan fingerprint density at radius 3 is 1.74 bits per heavy atom. The number of fused-ring (bicyclic) bond motifs is 1. The van der Waals surface area contributed by atoms with Gasteiger partial charge in [0.25, 0.3) is 7.82 Å². The summed E-state index contributed by atoms with van der Waals surface area (Å²) in [4.78, 5) is 75.4. The Kier molecular flexibility index (Phi) is 35.8. The number of carbonyl (C=O) groups is 3. The van der Waals surface area contributed by atoms with E-state index in [4.69, 9.17) is 33.7 Å². The van der Waals surface area contributed by atoms with Gasteiger partial charge in [-0.25, -0.2) is 4.79 Å². The van der Waals surface area contributed by atoms with E-state index in [-0.39, 0.29) is 80.8 Å². The van der Waals surface area contributed by atoms with E-state index in [9.17, 15) is 28.6 Å². The Labute approximate surface area is 453 Å². The van der Waals surface area contributed by atoms with Crippen molar-refractivity contribution < 1.29 is 51.8 Å². The van der Waals surface area contributed by atoms with Crippen LogP contribution in [-0.4, -0.2) is 83.5 Å². The summed E-state index contributed by atoms with van der Waals surface area (Å²) in [6.07, 6.45) is 37.8. The van der Waals surface area contributed by atoms with Crippen LogP contribution in [0, 0.1) is 0 Å². The number of methoxy groups -OCH3 is 1. The molecule has 0 aliphatic carbocycles. The number of nitrogens with zero attached hydrogens (tertiary/aromatic N) is 3. The zero-order valence-corrected chi connectivity index (χ0v) is 47.3. The van der Waals surface area contributed by atoms with Crippen LogP contribution < -0.4 is 21.1 Å². The summed E-state index contributed by atoms with van der Waals surface area (Å²) in [6, 6.07) is 6.64. The van der Waals surface area contributed by atoms with Crippen molar-refractivity contribution >= 4 is 42.5 Å². The van der Waals surface area contributed by atoms with Gasteiger partial charge in [-0.05, 0) is 76.2 Å². The van der Waals surface area contributed by atoms with Crippen molar-refractivity contribution in [2.45, 2.75) is 219 Å². The molecule has 0 amide bonds. The minimum Gasteiger partial charge on any atom is -0.756 e. The van der Waals surface area contributed by atoms with E-state index in [0.717, 1.165) is 77.0 Å². The van der Waals surface area contributed by atoms with Gasteiger partial charge in [-0.1, -0.05) is 165 Å². The van der Waals surface area contributed by atoms with Gasteiger partial charge >= 0.3 is 23.6 Å². The maximum absolute atomic E-state index is 13.0. The number of nitrogens with one attached hydrogen (secondary N) is 1. The van der Waals surface area contributed by atoms with Gasteiger partial charge in [0.2, 0.25) is 0 Å². The number of benzene rings is 1. The van der Waals surface area contributed by atoms with Gasteiger partial charge in [0.1, 0.15) is 18.7 Å². The number of nitrogens with two attached hydrogens (primary N) is 1. The SMILES string of the molecule is CCCCCCCC/C=C\CCCCCCCC(=O)OC[C@H](COP(=O)([O-])OCCCC(=O)c1ccc(Cn2c(=O)[nH]c3c(N)nc(OCCOC)nc32)cc1)OC(=O)CCCCCCC/C=C/CCCCCCCC. The fourth-order valence-corrected chi connectivity index (χ4v) is 9.28. The lowest BCUT2D eigenvalue weighted by molar-refractivity contribution is -0.228. The lowest BCUT2D eigenvalue weighted by Crippen LogP contribution is -2.30. The van der Waals surface area contributed by atoms with Gasteiger partial charge in [0.15, 0.2) is 23.4 Å². The summed E-state index contributed by atoms with van der Waals surface area (Å²) in [5.41, 5.74) is 7.22. The van der Waals surface area contributed by atoms with Crippen molar-refractivity contribution in [3.05, 3.63) is 70.2 Å². The number of unbranched alkanes of at least 4 members (excludes halogenated alkanes) is 22. The minimum atomic E-state index is -4.90. The Bertz CT molecular complexity index is 2210. The van der Waals surface area contributed by atoms with Crippen LogP contribution in [0.5, 0.6) is 6.01 Å². The third kappa shape index (κ3) is 30.3. The predicted octanol–water partition coefficient (Wildman–Crippen LogP) is 12.8. The molecule has 1 aromatic carbocycles. The monoisotopic (exact) mass is 1080 g/mol. The minimum absolute atomic E-state index is 0.000899. The first-order valence-corrected chi connectivity index (χ1v) is 30.2. The molecule has 0 saturated heterocycles. The number of aromatic amines is 1. The van der Waals surface area contributed by atoms with Gasteiger partial charge in [-0.2, -0.15) is 9.97 Å². The molecule has 1 unspecified atom stereocenters. The van der Waals surface area contributed by atoms with Gasteiger partial charge in [-0.3, -0.25) is 23.5 Å². The number of Topliss-reactive ketones (excluding diaryl/α,β-unsaturated/α-hetero) is 1. The number of nitrogen functional groups attached to an aromatic ring is 1. The van der Waals surface area contributed by atoms with Crippen molar-refractivity contribution in [2.75, 3.05) is 45.9 Å². The molecule has 428 valence electrons. The largest absolute Gasteiger partial charge is 0.756 e. The number of ether oxygens (including phenoxy) is 4. The zero-order valence-electron chi connectivity index (χ0n) is 46.4. The van der Waals surface area contributed by atoms with Crippen LogP contribution in [0.25, 0.3) is 11.2 Å². The molecule has 18 heteroatoms. The highest BCUT2D eigenvalue weighted by molar-refractivity contribution is 7.45. The molecule has 17 nitrogen and oxygen atoms in total. The van der Waals surface area contributed by atoms with Gasteiger partial charge in [-0.15, -0.1) is 0 Å². The molecule has 0 saturated carbocycles. The van der Waals surface area contributed by atoms with Crippen LogP contribution in [-0.2, 0) is 44.0 Å². The molecular weight excluding hydrogens is 990 g/mol. The first-order valence-electron chi connectivity index (χ1n) is 28.7. The van der Waals surface area contributed by atoms with E-state index < -0.39 is 38.2 Å². The third-order valence-electron chi connectivity index (χ3n) is 13.0. The maximum Gasteiger partial charge on any atom is 0.328 e. The van der Waals surface area contributed by atoms with E-state index in [1.165, 1.54) is 88.7 Å². The highest BCUT2D eigenvalue weighted by Crippen LogP contribution is 2.38. The summed E-state index contributed by atoms with van der Waals surface area (Å²) in [5, 5.41) is 0. The van der Waals surface area contributed by atoms with E-state index >= 15 is 0 Å². The molecule has 0 fully saturated rings. The number of esters is 2. The molecule has 2 heterocycles. The van der Waals surface area contributed by atoms with Gasteiger partial charge in [0, 0.05) is 31.9 Å². The Balaban J connectivity index is 1.41. The second kappa shape index (κ2) is 41.4. The molecular formula is C58H93N5O12P-. The molecule has 3 rings (SSSR count). The van der Waals surface area contributed by atoms with Crippen LogP contribution in [0.2, 0.25) is 0 Å². The number of aromatic nitrogens is 4. The molecule has 2 atom stereocenters. The van der Waals surface area contributed by atoms with Crippen molar-refractivity contribution in [1.29, 1.82) is 0 Å². The lowest BCUT2D eigenvalue weighted by atomic mass is 10.0. The molecule has 0 aliphatic rings. The van der Waals surface area contributed by atoms with E-state index in [1.54, 1.807) is 24.3 Å². The first-order chi connectivity index (χ1) is 37.0. The van der Waals surface area contributed by atoms with Crippen LogP contribution in [0.4, 0.5) is 5.82 Å². The topological polar surface area (TPSA) is 236 Å². The Hall–Kier alpha value is -4.67. The molecule has 0 radical (unpaired) electrons. The third-order valence-corrected chi connectivity index (χ3v) is 14.0. The molecule has 0 aliphatic heterocycles. The number of anilines is 1. The van der Waals surface area contributed by atoms with E-state index in [0.29, 0.717) is 30.6 Å². The number of allylic oxidation sites excluding steroid dienone is 4. The lowest BCUT2D eigenvalue weighted by Gasteiger charge is -2.25. The standard InChI is InChI=1S/C58H94N5O12P/c1-4-6-8-10-12-14-16-18-20-22-24-26-28-30-32-36-52(65)72-46-50(75-53(66)37-33-31-29-27-25-23-21-19-17-15-13-11-9-7-5-2)47-74-76(68,69)73-42-34-35-51(64)49-40-38-48(39-41-49)45-63-56-54(60-58(63)67)55(59)61-57(62-56)71-44-43-70-3/h18-21,38-41,50H,4-17,22-37,42-47H2,1-3H3,(H,60,67)(H,68,69)(H2,59,61,62)/p-1/b20-18-,21-19+/t50-/m1/s1. The average molecular weight is 1080 g/mol. The van der Waals surface area contributed by atoms with Crippen LogP contribution >= 0.6 is 7.82 Å². The predicted molar refractivity (Wildman–Crippen MR) is 298 cm³/mol. The molecule has 3 aromatic rings. The fourth-order valence-electron chi connectivity index (χ4n) is 8.50. The summed E-state index contributed by atoms with van der Waals surface area (Å²) in [7, 11) is -3.37. The highest BCUT2D eigenvalue weighted by Gasteiger charge is 2.22. The number of ketones is 1. The average Bonchev–Trinajstić information content (AvgIpc) is 3.74. The van der Waals surface area contributed by atoms with Crippen LogP contribution in [0.1, 0.15) is 222 Å². The fraction of sp³-hybridized carbons (Fsp3) is 0.690. The summed E-state index contributed by atoms with van der Waals surface area (Å²) in [6.45, 7) is 3.81. The van der Waals surface area contributed by atoms with Crippen LogP contribution in [0.15, 0.2) is 53.4 Å². The number of hydrogen-bond donors (Lipinski definition) is 2. The number of phosphoric acid groups is 1. The second-order valence-corrected chi connectivity index (χ2v) is 21.1. The van der Waals surface area contributed by atoms with Gasteiger partial charge in [0.05, 0.1) is 26.4 Å². The summed E-state index contributed by atoms with van der Waals surface area (Å²) >= 11 is 0. The molecule has 76 heavy (non-hydrogen) atoms. The molecule has 3 N–H and O–H groups in total. The Morgan fingerprint density at radius 2 is 1.18 bits per heavy atom. The molecule has 0 bridgehead atoms. The normalized spacial score (nSPS) is 12.9. The van der Waals surface area contributed by atoms with Crippen molar-refractivity contribution in [2.24, 2.45) is 0 Å². The first kappa shape index (κ1) is 65.6. The van der Waals surface area contributed by atoms with Crippen LogP contribution in [0.3, 0.4) is 0 Å². The summed E-state index contributed by atoms with van der Waals surface area (Å²) in [5.74, 6) is -1.18. The number of carbonyl (C=O) groups excluding carboxylic acids is 3. The number of imidazole rings is 1. The smallest absolute Gasteiger partial charge is 0.328 e. The van der Waals surface area contributed by atoms with E-state index in [2.05, 4.69) is 53.1 Å². The highest BCUT2D eigenvalue weighted by atomic mass is 31.2. The number of rotatable bonds is 48. The Morgan fingerprint density at radius 1 is 0.658 bits per heavy atom. The maximum atomic E-state index is 13.0. The van der Waals surface area contributed by atoms with Crippen molar-refractivity contribution in [3.8, 4) is 6.01 Å². The molecule has 2 aromatic heterocycles. The molecule has 0 spiro atoms. The number of phosphoric ester groups is 1. The zero-order chi connectivity index (χ0) is 54.9. The van der Waals surface area contributed by atoms with E-state index in [1.807, 2.05) is 0 Å².